The van der Waals surface area contributed by atoms with Crippen LogP contribution in [0.4, 0.5) is 21.5 Å². The van der Waals surface area contributed by atoms with E-state index in [9.17, 15) is 37.9 Å². The highest BCUT2D eigenvalue weighted by Gasteiger charge is 2.50. The maximum absolute atomic E-state index is 14.9. The van der Waals surface area contributed by atoms with Crippen molar-refractivity contribution in [1.29, 1.82) is 0 Å². The SMILES string of the molecule is CCOc1nc2[nH]cc(F)c2cc1Oc1cc(N2CCC3(CC2)CN([C@H]2CCC[C@H]2c2ccccc2C(C)(C)O)C3)ccc1C(=O)NS(=O)(=O)c1cc2c(c([N+](=O)[O-])c1)N[C@@H](C1CCC(C)(O)CC1)CO2. The van der Waals surface area contributed by atoms with E-state index in [2.05, 4.69) is 41.9 Å². The second-order valence-electron chi connectivity index (χ2n) is 21.1. The number of nitrogens with one attached hydrogen (secondary N) is 3. The fourth-order valence-electron chi connectivity index (χ4n) is 11.8. The fraction of sp³-hybridized carbons (Fsp3) is 0.500. The number of aromatic amines is 1. The number of anilines is 2. The molecule has 10 rings (SSSR count). The first-order chi connectivity index (χ1) is 33.8. The van der Waals surface area contributed by atoms with E-state index in [1.54, 1.807) is 26.0 Å². The van der Waals surface area contributed by atoms with Crippen molar-refractivity contribution < 1.29 is 46.9 Å². The largest absolute Gasteiger partial charge is 0.489 e. The molecular weight excluding hydrogens is 934 g/mol. The Morgan fingerprint density at radius 3 is 2.51 bits per heavy atom. The average Bonchev–Trinajstić information content (AvgIpc) is 3.96. The zero-order valence-electron chi connectivity index (χ0n) is 40.5. The van der Waals surface area contributed by atoms with Gasteiger partial charge in [0.1, 0.15) is 23.8 Å². The third-order valence-electron chi connectivity index (χ3n) is 15.7. The molecule has 1 spiro atoms. The van der Waals surface area contributed by atoms with E-state index >= 15 is 0 Å². The van der Waals surface area contributed by atoms with Crippen molar-refractivity contribution in [3.8, 4) is 23.1 Å². The van der Waals surface area contributed by atoms with Crippen LogP contribution >= 0.6 is 0 Å². The van der Waals surface area contributed by atoms with Gasteiger partial charge < -0.3 is 39.6 Å². The maximum atomic E-state index is 14.9. The maximum Gasteiger partial charge on any atom is 0.297 e. The lowest BCUT2D eigenvalue weighted by atomic mass is 9.70. The summed E-state index contributed by atoms with van der Waals surface area (Å²) in [4.78, 5) is 37.5. The van der Waals surface area contributed by atoms with Crippen LogP contribution in [-0.4, -0.2) is 101 Å². The van der Waals surface area contributed by atoms with Crippen LogP contribution in [0.15, 0.2) is 71.8 Å². The number of likely N-dealkylation sites (tertiary alicyclic amines) is 1. The van der Waals surface area contributed by atoms with E-state index in [0.717, 1.165) is 74.8 Å². The molecule has 4 fully saturated rings. The normalized spacial score (nSPS) is 24.4. The predicted octanol–water partition coefficient (Wildman–Crippen LogP) is 8.50. The molecule has 3 atom stereocenters. The molecule has 5 N–H and O–H groups in total. The molecule has 71 heavy (non-hydrogen) atoms. The van der Waals surface area contributed by atoms with Gasteiger partial charge in [0.15, 0.2) is 17.2 Å². The number of carbonyl (C=O) groups excluding carboxylic acids is 1. The number of fused-ring (bicyclic) bond motifs is 2. The number of benzene rings is 3. The molecule has 3 aromatic carbocycles. The van der Waals surface area contributed by atoms with Gasteiger partial charge in [-0.15, -0.1) is 0 Å². The summed E-state index contributed by atoms with van der Waals surface area (Å²) in [5.41, 5.74) is 0.931. The van der Waals surface area contributed by atoms with Gasteiger partial charge in [0.2, 0.25) is 0 Å². The number of nitrogens with zero attached hydrogens (tertiary/aromatic N) is 4. The molecule has 2 aromatic heterocycles. The highest BCUT2D eigenvalue weighted by molar-refractivity contribution is 7.90. The molecule has 2 aliphatic carbocycles. The molecule has 5 aromatic rings. The van der Waals surface area contributed by atoms with E-state index in [1.165, 1.54) is 17.7 Å². The van der Waals surface area contributed by atoms with Gasteiger partial charge in [-0.2, -0.15) is 4.98 Å². The second-order valence-corrected chi connectivity index (χ2v) is 22.8. The van der Waals surface area contributed by atoms with Gasteiger partial charge in [-0.3, -0.25) is 19.8 Å². The Labute approximate surface area is 412 Å². The van der Waals surface area contributed by atoms with Crippen molar-refractivity contribution in [2.75, 3.05) is 49.6 Å². The number of H-pyrrole nitrogens is 1. The van der Waals surface area contributed by atoms with Crippen molar-refractivity contribution in [1.82, 2.24) is 19.6 Å². The van der Waals surface area contributed by atoms with Crippen molar-refractivity contribution in [2.45, 2.75) is 120 Å². The van der Waals surface area contributed by atoms with Crippen LogP contribution in [0, 0.1) is 27.3 Å². The van der Waals surface area contributed by atoms with Crippen LogP contribution in [0.3, 0.4) is 0 Å². The van der Waals surface area contributed by atoms with Gasteiger partial charge in [0.05, 0.1) is 44.6 Å². The number of halogens is 1. The number of sulfonamides is 1. The Kier molecular flexibility index (Phi) is 12.7. The number of hydrogen-bond acceptors (Lipinski definition) is 14. The van der Waals surface area contributed by atoms with E-state index in [0.29, 0.717) is 50.7 Å². The lowest BCUT2D eigenvalue weighted by molar-refractivity contribution is -0.384. The zero-order chi connectivity index (χ0) is 50.0. The van der Waals surface area contributed by atoms with Crippen molar-refractivity contribution in [3.63, 3.8) is 0 Å². The Morgan fingerprint density at radius 2 is 1.79 bits per heavy atom. The quantitative estimate of drug-likeness (QED) is 0.0552. The summed E-state index contributed by atoms with van der Waals surface area (Å²) in [7, 11) is -4.77. The predicted molar refractivity (Wildman–Crippen MR) is 264 cm³/mol. The number of amides is 1. The molecule has 0 bridgehead atoms. The molecule has 2 saturated carbocycles. The molecule has 17 nitrogen and oxygen atoms in total. The van der Waals surface area contributed by atoms with Crippen molar-refractivity contribution in [2.24, 2.45) is 11.3 Å². The van der Waals surface area contributed by atoms with Gasteiger partial charge in [0.25, 0.3) is 27.5 Å². The van der Waals surface area contributed by atoms with Crippen LogP contribution in [0.5, 0.6) is 23.1 Å². The van der Waals surface area contributed by atoms with Gasteiger partial charge in [-0.05, 0) is 120 Å². The number of pyridine rings is 1. The minimum atomic E-state index is -4.77. The summed E-state index contributed by atoms with van der Waals surface area (Å²) < 4.78 is 63.4. The van der Waals surface area contributed by atoms with Crippen LogP contribution < -0.4 is 29.1 Å². The monoisotopic (exact) mass is 995 g/mol. The number of nitro groups is 1. The summed E-state index contributed by atoms with van der Waals surface area (Å²) in [5.74, 6) is -1.34. The number of ether oxygens (including phenoxy) is 3. The molecule has 5 heterocycles. The molecule has 5 aliphatic rings. The average molecular weight is 996 g/mol. The first kappa shape index (κ1) is 48.6. The summed E-state index contributed by atoms with van der Waals surface area (Å²) in [6.07, 6.45) is 8.88. The van der Waals surface area contributed by atoms with Gasteiger partial charge >= 0.3 is 0 Å². The molecule has 3 aliphatic heterocycles. The number of rotatable bonds is 13. The first-order valence-corrected chi connectivity index (χ1v) is 26.2. The third-order valence-corrected chi connectivity index (χ3v) is 17.0. The Balaban J connectivity index is 0.889. The number of aliphatic hydroxyl groups is 2. The Hall–Kier alpha value is -6.02. The van der Waals surface area contributed by atoms with E-state index in [-0.39, 0.29) is 76.0 Å². The molecular formula is C52H62FN7O10S. The smallest absolute Gasteiger partial charge is 0.297 e. The summed E-state index contributed by atoms with van der Waals surface area (Å²) in [6, 6.07) is 16.7. The summed E-state index contributed by atoms with van der Waals surface area (Å²) >= 11 is 0. The van der Waals surface area contributed by atoms with Crippen LogP contribution in [-0.2, 0) is 15.6 Å². The number of piperidine rings is 1. The minimum Gasteiger partial charge on any atom is -0.489 e. The first-order valence-electron chi connectivity index (χ1n) is 24.7. The number of hydrogen-bond donors (Lipinski definition) is 5. The highest BCUT2D eigenvalue weighted by atomic mass is 32.2. The van der Waals surface area contributed by atoms with Gasteiger partial charge in [-0.25, -0.2) is 17.5 Å². The molecule has 1 amide bonds. The number of aromatic nitrogens is 2. The molecule has 2 saturated heterocycles. The number of nitro benzene ring substituents is 1. The molecule has 19 heteroatoms. The zero-order valence-corrected chi connectivity index (χ0v) is 41.3. The van der Waals surface area contributed by atoms with Crippen LogP contribution in [0.1, 0.15) is 113 Å². The van der Waals surface area contributed by atoms with Crippen molar-refractivity contribution >= 4 is 44.0 Å². The van der Waals surface area contributed by atoms with Crippen molar-refractivity contribution in [3.05, 3.63) is 99.5 Å². The molecule has 0 radical (unpaired) electrons. The molecule has 0 unspecified atom stereocenters. The fourth-order valence-corrected chi connectivity index (χ4v) is 12.8. The van der Waals surface area contributed by atoms with Crippen LogP contribution in [0.2, 0.25) is 0 Å². The topological polar surface area (TPSA) is 222 Å². The van der Waals surface area contributed by atoms with Gasteiger partial charge in [-0.1, -0.05) is 30.7 Å². The third kappa shape index (κ3) is 9.60. The van der Waals surface area contributed by atoms with E-state index in [4.69, 9.17) is 14.2 Å². The summed E-state index contributed by atoms with van der Waals surface area (Å²) in [6.45, 7) is 11.0. The minimum absolute atomic E-state index is 0.0127. The second kappa shape index (κ2) is 18.5. The highest BCUT2D eigenvalue weighted by Crippen LogP contribution is 2.50. The molecule has 378 valence electrons. The van der Waals surface area contributed by atoms with Gasteiger partial charge in [0, 0.05) is 68.4 Å². The lowest BCUT2D eigenvalue weighted by Crippen LogP contribution is -2.63. The summed E-state index contributed by atoms with van der Waals surface area (Å²) in [5, 5.41) is 37.3. The number of carbonyl (C=O) groups is 1. The Morgan fingerprint density at radius 1 is 1.04 bits per heavy atom. The van der Waals surface area contributed by atoms with E-state index in [1.807, 2.05) is 26.0 Å². The van der Waals surface area contributed by atoms with Crippen LogP contribution in [0.25, 0.3) is 11.0 Å². The Bertz CT molecular complexity index is 2970. The lowest BCUT2D eigenvalue weighted by Gasteiger charge is -2.57. The van der Waals surface area contributed by atoms with E-state index < -0.39 is 48.5 Å². The standard InChI is InChI=1S/C52H62FN7O10S/c1-5-68-49-45(26-37-39(53)27-54-47(37)56-49)70-43-23-32(58-21-19-52(20-22-58)29-59(30-52)41-12-8-10-35(41)34-9-6-7-11-38(34)50(2,3)62)13-14-36(43)48(61)57-71(66,67)33-24-42(60(64)65)46-44(25-33)69-28-40(55-46)31-15-17-51(4,63)18-16-31/h6-7,9,11,13-14,23-27,31,35,40-41,55,62-63H,5,8,10,12,15-22,28-30H2,1-4H3,(H,54,56)(H,57,61)/t31?,35-,40+,41-,51?/m0/s1.